The van der Waals surface area contributed by atoms with Crippen LogP contribution in [0.1, 0.15) is 27.1 Å². The summed E-state index contributed by atoms with van der Waals surface area (Å²) in [4.78, 5) is 17.3. The Morgan fingerprint density at radius 3 is 2.59 bits per heavy atom. The fourth-order valence-corrected chi connectivity index (χ4v) is 3.87. The van der Waals surface area contributed by atoms with E-state index in [1.807, 2.05) is 36.4 Å². The Labute approximate surface area is 171 Å². The van der Waals surface area contributed by atoms with Crippen molar-refractivity contribution in [3.63, 3.8) is 0 Å². The van der Waals surface area contributed by atoms with Crippen LogP contribution in [0.15, 0.2) is 72.8 Å². The highest BCUT2D eigenvalue weighted by Crippen LogP contribution is 2.24. The van der Waals surface area contributed by atoms with Crippen molar-refractivity contribution in [1.29, 1.82) is 0 Å². The Balaban J connectivity index is 1.53. The average Bonchev–Trinajstić information content (AvgIpc) is 3.16. The standard InChI is InChI=1S/C22H19FN4OS/c23-16-8-6-14(7-9-16)13-25-20(15-4-2-1-3-5-15)27-21(28)22-26-18-11-10-17(24)12-19(18)29-22/h1-12,20,25H,13,24H2,(H,27,28). The summed E-state index contributed by atoms with van der Waals surface area (Å²) in [5.74, 6) is -0.552. The Morgan fingerprint density at radius 1 is 1.07 bits per heavy atom. The summed E-state index contributed by atoms with van der Waals surface area (Å²) in [7, 11) is 0. The monoisotopic (exact) mass is 406 g/mol. The Bertz CT molecular complexity index is 1130. The van der Waals surface area contributed by atoms with E-state index in [9.17, 15) is 9.18 Å². The highest BCUT2D eigenvalue weighted by Gasteiger charge is 2.18. The van der Waals surface area contributed by atoms with Gasteiger partial charge in [0.25, 0.3) is 5.91 Å². The van der Waals surface area contributed by atoms with Crippen LogP contribution >= 0.6 is 11.3 Å². The second kappa shape index (κ2) is 8.38. The van der Waals surface area contributed by atoms with E-state index in [0.29, 0.717) is 17.2 Å². The third-order valence-electron chi connectivity index (χ3n) is 4.44. The van der Waals surface area contributed by atoms with Gasteiger partial charge in [-0.3, -0.25) is 10.1 Å². The summed E-state index contributed by atoms with van der Waals surface area (Å²) in [6.45, 7) is 0.469. The quantitative estimate of drug-likeness (QED) is 0.331. The molecule has 4 aromatic rings. The molecule has 1 unspecified atom stereocenters. The summed E-state index contributed by atoms with van der Waals surface area (Å²) in [6, 6.07) is 21.2. The van der Waals surface area contributed by atoms with Crippen LogP contribution in [0, 0.1) is 5.82 Å². The number of nitrogens with two attached hydrogens (primary N) is 1. The van der Waals surface area contributed by atoms with E-state index < -0.39 is 6.17 Å². The first-order chi connectivity index (χ1) is 14.1. The smallest absolute Gasteiger partial charge is 0.281 e. The summed E-state index contributed by atoms with van der Waals surface area (Å²) < 4.78 is 14.0. The van der Waals surface area contributed by atoms with E-state index >= 15 is 0 Å². The van der Waals surface area contributed by atoms with Gasteiger partial charge in [-0.2, -0.15) is 0 Å². The van der Waals surface area contributed by atoms with E-state index in [1.54, 1.807) is 24.3 Å². The molecule has 1 amide bonds. The number of nitrogens with one attached hydrogen (secondary N) is 2. The molecule has 4 N–H and O–H groups in total. The number of hydrogen-bond acceptors (Lipinski definition) is 5. The Morgan fingerprint density at radius 2 is 1.83 bits per heavy atom. The maximum absolute atomic E-state index is 13.1. The number of fused-ring (bicyclic) bond motifs is 1. The van der Waals surface area contributed by atoms with Gasteiger partial charge >= 0.3 is 0 Å². The van der Waals surface area contributed by atoms with Gasteiger partial charge in [0.2, 0.25) is 0 Å². The van der Waals surface area contributed by atoms with Crippen molar-refractivity contribution >= 4 is 33.1 Å². The number of aromatic nitrogens is 1. The van der Waals surface area contributed by atoms with Crippen LogP contribution in [-0.2, 0) is 6.54 Å². The van der Waals surface area contributed by atoms with Crippen LogP contribution in [0.25, 0.3) is 10.2 Å². The fourth-order valence-electron chi connectivity index (χ4n) is 2.95. The van der Waals surface area contributed by atoms with E-state index in [2.05, 4.69) is 15.6 Å². The maximum atomic E-state index is 13.1. The minimum atomic E-state index is -0.425. The van der Waals surface area contributed by atoms with E-state index in [0.717, 1.165) is 21.3 Å². The zero-order chi connectivity index (χ0) is 20.2. The molecule has 146 valence electrons. The number of nitrogens with zero attached hydrogens (tertiary/aromatic N) is 1. The molecule has 7 heteroatoms. The average molecular weight is 406 g/mol. The van der Waals surface area contributed by atoms with Crippen LogP contribution < -0.4 is 16.4 Å². The molecule has 0 radical (unpaired) electrons. The molecule has 0 aliphatic carbocycles. The molecule has 1 atom stereocenters. The molecule has 1 heterocycles. The lowest BCUT2D eigenvalue weighted by molar-refractivity contribution is 0.0928. The first-order valence-corrected chi connectivity index (χ1v) is 9.90. The van der Waals surface area contributed by atoms with Gasteiger partial charge in [-0.1, -0.05) is 42.5 Å². The number of nitrogen functional groups attached to an aromatic ring is 1. The van der Waals surface area contributed by atoms with E-state index in [4.69, 9.17) is 5.73 Å². The van der Waals surface area contributed by atoms with Gasteiger partial charge in [0.15, 0.2) is 5.01 Å². The van der Waals surface area contributed by atoms with Crippen LogP contribution in [-0.4, -0.2) is 10.9 Å². The lowest BCUT2D eigenvalue weighted by atomic mass is 10.1. The maximum Gasteiger partial charge on any atom is 0.281 e. The highest BCUT2D eigenvalue weighted by atomic mass is 32.1. The largest absolute Gasteiger partial charge is 0.399 e. The van der Waals surface area contributed by atoms with Crippen LogP contribution in [0.5, 0.6) is 0 Å². The molecule has 29 heavy (non-hydrogen) atoms. The minimum absolute atomic E-state index is 0.273. The number of carbonyl (C=O) groups is 1. The lowest BCUT2D eigenvalue weighted by Crippen LogP contribution is -2.37. The van der Waals surface area contributed by atoms with Gasteiger partial charge in [-0.05, 0) is 41.5 Å². The van der Waals surface area contributed by atoms with Crippen molar-refractivity contribution in [2.24, 2.45) is 0 Å². The third kappa shape index (κ3) is 4.59. The molecule has 1 aromatic heterocycles. The Hall–Kier alpha value is -3.29. The summed E-state index contributed by atoms with van der Waals surface area (Å²) in [6.07, 6.45) is -0.425. The first kappa shape index (κ1) is 19.0. The SMILES string of the molecule is Nc1ccc2nc(C(=O)NC(NCc3ccc(F)cc3)c3ccccc3)sc2c1. The lowest BCUT2D eigenvalue weighted by Gasteiger charge is -2.20. The molecule has 0 aliphatic heterocycles. The molecule has 3 aromatic carbocycles. The fraction of sp³-hybridized carbons (Fsp3) is 0.0909. The van der Waals surface area contributed by atoms with Crippen molar-refractivity contribution in [3.8, 4) is 0 Å². The summed E-state index contributed by atoms with van der Waals surface area (Å²) >= 11 is 1.30. The second-order valence-electron chi connectivity index (χ2n) is 6.57. The van der Waals surface area contributed by atoms with Crippen molar-refractivity contribution in [2.45, 2.75) is 12.7 Å². The van der Waals surface area contributed by atoms with E-state index in [-0.39, 0.29) is 11.7 Å². The highest BCUT2D eigenvalue weighted by molar-refractivity contribution is 7.20. The number of carbonyl (C=O) groups excluding carboxylic acids is 1. The van der Waals surface area contributed by atoms with Gasteiger partial charge in [0.05, 0.1) is 10.2 Å². The van der Waals surface area contributed by atoms with Gasteiger partial charge in [-0.15, -0.1) is 11.3 Å². The topological polar surface area (TPSA) is 80.0 Å². The minimum Gasteiger partial charge on any atom is -0.399 e. The van der Waals surface area contributed by atoms with Crippen molar-refractivity contribution in [1.82, 2.24) is 15.6 Å². The molecular weight excluding hydrogens is 387 g/mol. The molecular formula is C22H19FN4OS. The van der Waals surface area contributed by atoms with Crippen molar-refractivity contribution < 1.29 is 9.18 Å². The number of rotatable bonds is 6. The van der Waals surface area contributed by atoms with E-state index in [1.165, 1.54) is 23.5 Å². The van der Waals surface area contributed by atoms with Crippen LogP contribution in [0.3, 0.4) is 0 Å². The number of halogens is 1. The zero-order valence-corrected chi connectivity index (χ0v) is 16.2. The number of thiazole rings is 1. The van der Waals surface area contributed by atoms with Gasteiger partial charge in [0.1, 0.15) is 12.0 Å². The molecule has 4 rings (SSSR count). The Kier molecular flexibility index (Phi) is 5.50. The van der Waals surface area contributed by atoms with Gasteiger partial charge in [-0.25, -0.2) is 9.37 Å². The number of amides is 1. The van der Waals surface area contributed by atoms with Crippen molar-refractivity contribution in [2.75, 3.05) is 5.73 Å². The van der Waals surface area contributed by atoms with Crippen molar-refractivity contribution in [3.05, 3.63) is 94.7 Å². The molecule has 0 bridgehead atoms. The first-order valence-electron chi connectivity index (χ1n) is 9.08. The normalized spacial score (nSPS) is 12.0. The number of benzene rings is 3. The molecule has 0 fully saturated rings. The van der Waals surface area contributed by atoms with Gasteiger partial charge < -0.3 is 11.1 Å². The molecule has 0 spiro atoms. The summed E-state index contributed by atoms with van der Waals surface area (Å²) in [5.41, 5.74) is 9.02. The van der Waals surface area contributed by atoms with Gasteiger partial charge in [0, 0.05) is 12.2 Å². The molecule has 0 saturated carbocycles. The number of anilines is 1. The molecule has 5 nitrogen and oxygen atoms in total. The number of hydrogen-bond donors (Lipinski definition) is 3. The predicted molar refractivity (Wildman–Crippen MR) is 114 cm³/mol. The zero-order valence-electron chi connectivity index (χ0n) is 15.4. The molecule has 0 aliphatic rings. The summed E-state index contributed by atoms with van der Waals surface area (Å²) in [5, 5.41) is 6.69. The molecule has 0 saturated heterocycles. The second-order valence-corrected chi connectivity index (χ2v) is 7.60. The predicted octanol–water partition coefficient (Wildman–Crippen LogP) is 4.24. The van der Waals surface area contributed by atoms with Crippen LogP contribution in [0.2, 0.25) is 0 Å². The van der Waals surface area contributed by atoms with Crippen LogP contribution in [0.4, 0.5) is 10.1 Å². The third-order valence-corrected chi connectivity index (χ3v) is 5.46.